The van der Waals surface area contributed by atoms with Gasteiger partial charge in [0.1, 0.15) is 36.2 Å². The van der Waals surface area contributed by atoms with Crippen molar-refractivity contribution >= 4 is 40.3 Å². The molecule has 5 aliphatic rings. The Kier molecular flexibility index (Phi) is 15.5. The fraction of sp³-hybridized carbons (Fsp3) is 0.500. The molecule has 2 unspecified atom stereocenters. The van der Waals surface area contributed by atoms with E-state index in [1.807, 2.05) is 45.2 Å². The number of piperidine rings is 1. The van der Waals surface area contributed by atoms with Crippen molar-refractivity contribution in [2.24, 2.45) is 5.92 Å². The number of hydrogen-bond acceptors (Lipinski definition) is 19. The van der Waals surface area contributed by atoms with E-state index < -0.39 is 35.8 Å². The molecule has 412 valence electrons. The average Bonchev–Trinajstić information content (AvgIpc) is 4.23. The van der Waals surface area contributed by atoms with Gasteiger partial charge in [0.25, 0.3) is 5.88 Å². The fourth-order valence-corrected chi connectivity index (χ4v) is 12.6. The van der Waals surface area contributed by atoms with Crippen LogP contribution >= 0.6 is 11.3 Å². The zero-order valence-corrected chi connectivity index (χ0v) is 45.1. The predicted octanol–water partition coefficient (Wildman–Crippen LogP) is 6.69. The molecule has 0 spiro atoms. The minimum atomic E-state index is -0.977. The maximum absolute atomic E-state index is 15.4. The smallest absolute Gasteiger partial charge is 0.254 e. The summed E-state index contributed by atoms with van der Waals surface area (Å²) in [6.45, 7) is 11.6. The molecule has 22 heteroatoms. The summed E-state index contributed by atoms with van der Waals surface area (Å²) in [4.78, 5) is 50.5. The third-order valence-electron chi connectivity index (χ3n) is 16.0. The summed E-state index contributed by atoms with van der Waals surface area (Å²) >= 11 is 1.37. The number of piperazine rings is 1. The van der Waals surface area contributed by atoms with Crippen molar-refractivity contribution in [1.29, 1.82) is 0 Å². The SMILES string of the molecule is Cc1ncsc1-c1cc(F)c([C@@H](C)NC(=O)[C@@H]2C[C@@H](O)CN2C(=O)[C@H](c2cc(OCCN3CCC(OC4CC(Oc5cc(N6C7CCC6CN(c6cc(-c8ccccc8O)nnc6N)C7)ccn5)C4)CC3)no2)C(C)C)cn1. The van der Waals surface area contributed by atoms with Crippen LogP contribution in [0, 0.1) is 18.7 Å². The van der Waals surface area contributed by atoms with E-state index in [0.717, 1.165) is 86.6 Å². The van der Waals surface area contributed by atoms with Gasteiger partial charge in [0, 0.05) is 118 Å². The number of nitrogens with two attached hydrogens (primary N) is 1. The van der Waals surface area contributed by atoms with Crippen LogP contribution in [0.1, 0.15) is 94.7 Å². The molecule has 20 nitrogen and oxygen atoms in total. The van der Waals surface area contributed by atoms with Gasteiger partial charge in [0.15, 0.2) is 11.6 Å². The number of amides is 2. The van der Waals surface area contributed by atoms with Crippen LogP contribution in [0.5, 0.6) is 17.5 Å². The fourth-order valence-electron chi connectivity index (χ4n) is 11.9. The number of aryl methyl sites for hydroxylation is 1. The van der Waals surface area contributed by atoms with Crippen molar-refractivity contribution in [2.45, 2.75) is 127 Å². The quantitative estimate of drug-likeness (QED) is 0.0701. The van der Waals surface area contributed by atoms with Crippen LogP contribution in [0.4, 0.5) is 21.6 Å². The minimum Gasteiger partial charge on any atom is -0.507 e. The number of carbonyl (C=O) groups excluding carboxylic acids is 2. The summed E-state index contributed by atoms with van der Waals surface area (Å²) in [6.07, 6.45) is 8.30. The van der Waals surface area contributed by atoms with E-state index >= 15 is 4.39 Å². The monoisotopic (exact) mass is 1090 g/mol. The van der Waals surface area contributed by atoms with E-state index in [4.69, 9.17) is 24.5 Å². The van der Waals surface area contributed by atoms with E-state index in [9.17, 15) is 19.8 Å². The van der Waals surface area contributed by atoms with Crippen LogP contribution < -0.4 is 30.3 Å². The number of nitrogens with zero attached hydrogens (tertiary/aromatic N) is 10. The summed E-state index contributed by atoms with van der Waals surface area (Å²) in [6, 6.07) is 15.0. The number of phenols is 1. The van der Waals surface area contributed by atoms with Gasteiger partial charge in [-0.2, -0.15) is 0 Å². The number of fused-ring (bicyclic) bond motifs is 2. The lowest BCUT2D eigenvalue weighted by atomic mass is 9.91. The molecule has 5 fully saturated rings. The van der Waals surface area contributed by atoms with Gasteiger partial charge >= 0.3 is 0 Å². The number of ether oxygens (including phenoxy) is 3. The summed E-state index contributed by atoms with van der Waals surface area (Å²) in [5.74, 6) is -0.712. The molecule has 5 N–H and O–H groups in total. The number of para-hydroxylation sites is 1. The second-order valence-corrected chi connectivity index (χ2v) is 22.6. The lowest BCUT2D eigenvalue weighted by Crippen LogP contribution is -2.54. The summed E-state index contributed by atoms with van der Waals surface area (Å²) in [7, 11) is 0. The van der Waals surface area contributed by atoms with Gasteiger partial charge < -0.3 is 54.7 Å². The van der Waals surface area contributed by atoms with E-state index in [1.165, 1.54) is 28.5 Å². The first-order valence-corrected chi connectivity index (χ1v) is 28.0. The van der Waals surface area contributed by atoms with Gasteiger partial charge in [-0.05, 0) is 74.9 Å². The molecule has 1 aliphatic carbocycles. The minimum absolute atomic E-state index is 0.0345. The maximum atomic E-state index is 15.4. The summed E-state index contributed by atoms with van der Waals surface area (Å²) in [5.41, 5.74) is 12.6. The van der Waals surface area contributed by atoms with Gasteiger partial charge in [-0.1, -0.05) is 26.0 Å². The number of thiazole rings is 1. The molecular weight excluding hydrogens is 1020 g/mol. The standard InChI is InChI=1S/C56H67FN12O8S/c1-31(2)52(56(73)68-29-37(70)20-47(68)55(72)62-32(3)42-26-60-45(23-43(42)57)53-33(4)61-30-78-53)49-25-51(65-77-49)74-18-17-66-15-12-38(13-16-66)75-39-21-40(22-39)76-50-19-34(11-14-59-50)69-35-9-10-36(69)28-67(27-35)46-24-44(63-64-54(46)58)41-7-5-6-8-48(41)71/h5-8,11,14,19,23-26,30-32,35-40,47,52,70-71H,9-10,12-13,15-18,20-22,27-29H2,1-4H3,(H2,58,64)(H,62,72)/t32-,35?,36?,37-,39?,40?,47+,52+/m1/s1. The molecular formula is C56H67FN12O8S. The highest BCUT2D eigenvalue weighted by molar-refractivity contribution is 7.13. The van der Waals surface area contributed by atoms with Crippen LogP contribution in [0.2, 0.25) is 0 Å². The number of carbonyl (C=O) groups is 2. The van der Waals surface area contributed by atoms with E-state index in [-0.39, 0.29) is 72.4 Å². The number of pyridine rings is 2. The number of likely N-dealkylation sites (tertiary alicyclic amines) is 2. The van der Waals surface area contributed by atoms with Crippen LogP contribution in [-0.4, -0.2) is 151 Å². The largest absolute Gasteiger partial charge is 0.507 e. The Morgan fingerprint density at radius 1 is 0.910 bits per heavy atom. The molecule has 5 aromatic heterocycles. The van der Waals surface area contributed by atoms with Gasteiger partial charge in [-0.15, -0.1) is 21.5 Å². The molecule has 1 aromatic carbocycles. The number of hydrogen-bond donors (Lipinski definition) is 4. The van der Waals surface area contributed by atoms with Crippen molar-refractivity contribution in [2.75, 3.05) is 61.4 Å². The molecule has 4 aliphatic heterocycles. The molecule has 2 bridgehead atoms. The number of benzene rings is 1. The number of halogens is 1. The Labute approximate surface area is 456 Å². The number of aromatic hydroxyl groups is 1. The average molecular weight is 1090 g/mol. The molecule has 6 atom stereocenters. The zero-order chi connectivity index (χ0) is 54.2. The van der Waals surface area contributed by atoms with Crippen molar-refractivity contribution in [3.8, 4) is 39.3 Å². The summed E-state index contributed by atoms with van der Waals surface area (Å²) < 4.78 is 40.0. The molecule has 6 aromatic rings. The van der Waals surface area contributed by atoms with Gasteiger partial charge in [-0.25, -0.2) is 14.4 Å². The van der Waals surface area contributed by atoms with Gasteiger partial charge in [0.05, 0.1) is 57.5 Å². The van der Waals surface area contributed by atoms with Crippen LogP contribution in [-0.2, 0) is 14.3 Å². The number of anilines is 3. The number of β-amino-alcohol motifs (C(OH)–C–C–N with tert-alkyl or cyclic N) is 1. The van der Waals surface area contributed by atoms with Crippen molar-refractivity contribution < 1.29 is 42.9 Å². The molecule has 11 rings (SSSR count). The van der Waals surface area contributed by atoms with Crippen LogP contribution in [0.3, 0.4) is 0 Å². The Morgan fingerprint density at radius 3 is 2.42 bits per heavy atom. The zero-order valence-electron chi connectivity index (χ0n) is 44.3. The van der Waals surface area contributed by atoms with E-state index in [0.29, 0.717) is 47.6 Å². The number of aromatic nitrogens is 6. The first-order chi connectivity index (χ1) is 37.7. The molecule has 78 heavy (non-hydrogen) atoms. The third kappa shape index (κ3) is 11.3. The second kappa shape index (κ2) is 22.8. The Balaban J connectivity index is 0.604. The van der Waals surface area contributed by atoms with Gasteiger partial charge in [-0.3, -0.25) is 19.5 Å². The Morgan fingerprint density at radius 2 is 1.69 bits per heavy atom. The highest BCUT2D eigenvalue weighted by Crippen LogP contribution is 2.41. The van der Waals surface area contributed by atoms with Crippen LogP contribution in [0.25, 0.3) is 21.8 Å². The molecule has 4 saturated heterocycles. The third-order valence-corrected chi connectivity index (χ3v) is 17.0. The molecule has 0 radical (unpaired) electrons. The van der Waals surface area contributed by atoms with Crippen molar-refractivity contribution in [1.82, 2.24) is 45.4 Å². The molecule has 2 amide bonds. The second-order valence-electron chi connectivity index (χ2n) is 21.7. The highest BCUT2D eigenvalue weighted by atomic mass is 32.1. The lowest BCUT2D eigenvalue weighted by molar-refractivity contribution is -0.141. The Bertz CT molecular complexity index is 3080. The summed E-state index contributed by atoms with van der Waals surface area (Å²) in [5, 5.41) is 36.7. The molecule has 1 saturated carbocycles. The van der Waals surface area contributed by atoms with Crippen molar-refractivity contribution in [3.63, 3.8) is 0 Å². The Hall–Kier alpha value is -7.01. The number of nitrogens with one attached hydrogen (secondary N) is 1. The number of phenolic OH excluding ortho intramolecular Hbond substituents is 1. The van der Waals surface area contributed by atoms with E-state index in [2.05, 4.69) is 62.5 Å². The molecule has 9 heterocycles. The lowest BCUT2D eigenvalue weighted by Gasteiger charge is -2.43. The van der Waals surface area contributed by atoms with Crippen molar-refractivity contribution in [3.05, 3.63) is 95.3 Å². The first kappa shape index (κ1) is 53.0. The topological polar surface area (TPSA) is 244 Å². The number of aliphatic hydroxyl groups is 1. The highest BCUT2D eigenvalue weighted by Gasteiger charge is 2.45. The van der Waals surface area contributed by atoms with E-state index in [1.54, 1.807) is 30.6 Å². The predicted molar refractivity (Wildman–Crippen MR) is 290 cm³/mol. The normalized spacial score (nSPS) is 23.3. The van der Waals surface area contributed by atoms with Gasteiger partial charge in [0.2, 0.25) is 17.7 Å². The first-order valence-electron chi connectivity index (χ1n) is 27.1. The number of aliphatic hydroxyl groups excluding tert-OH is 1. The maximum Gasteiger partial charge on any atom is 0.254 e. The number of nitrogen functional groups attached to an aromatic ring is 1. The number of rotatable bonds is 18. The van der Waals surface area contributed by atoms with Crippen LogP contribution in [0.15, 0.2) is 77.0 Å².